The molecule has 1 amide bonds. The van der Waals surface area contributed by atoms with Crippen LogP contribution in [0.4, 0.5) is 0 Å². The Hall–Kier alpha value is -1.36. The number of nitrogens with zero attached hydrogens (tertiary/aromatic N) is 1. The third kappa shape index (κ3) is 4.44. The number of halogens is 1. The van der Waals surface area contributed by atoms with E-state index in [-0.39, 0.29) is 5.91 Å². The summed E-state index contributed by atoms with van der Waals surface area (Å²) in [5.74, 6) is -0.175. The summed E-state index contributed by atoms with van der Waals surface area (Å²) in [7, 11) is 0. The number of amides is 1. The van der Waals surface area contributed by atoms with Gasteiger partial charge in [0.1, 0.15) is 5.69 Å². The highest BCUT2D eigenvalue weighted by atomic mass is 79.9. The van der Waals surface area contributed by atoms with Gasteiger partial charge in [-0.05, 0) is 34.5 Å². The van der Waals surface area contributed by atoms with Crippen molar-refractivity contribution in [3.8, 4) is 0 Å². The monoisotopic (exact) mass is 284 g/mol. The molecule has 1 aromatic rings. The van der Waals surface area contributed by atoms with Gasteiger partial charge in [0.25, 0.3) is 5.91 Å². The lowest BCUT2D eigenvalue weighted by molar-refractivity contribution is 0.0945. The van der Waals surface area contributed by atoms with E-state index in [0.29, 0.717) is 18.8 Å². The molecule has 1 heterocycles. The maximum atomic E-state index is 11.5. The zero-order chi connectivity index (χ0) is 11.8. The molecule has 0 spiro atoms. The van der Waals surface area contributed by atoms with Crippen LogP contribution in [0.3, 0.4) is 0 Å². The normalized spacial score (nSPS) is 9.56. The zero-order valence-electron chi connectivity index (χ0n) is 8.78. The fourth-order valence-electron chi connectivity index (χ4n) is 1.04. The Labute approximate surface area is 103 Å². The van der Waals surface area contributed by atoms with E-state index >= 15 is 0 Å². The average molecular weight is 285 g/mol. The van der Waals surface area contributed by atoms with Crippen molar-refractivity contribution in [1.82, 2.24) is 10.3 Å². The molecule has 1 aromatic heterocycles. The number of pyridine rings is 1. The first kappa shape index (κ1) is 12.7. The van der Waals surface area contributed by atoms with Gasteiger partial charge in [-0.1, -0.05) is 6.58 Å². The Balaban J connectivity index is 2.29. The van der Waals surface area contributed by atoms with Gasteiger partial charge in [0.15, 0.2) is 0 Å². The van der Waals surface area contributed by atoms with Crippen molar-refractivity contribution in [2.24, 2.45) is 0 Å². The van der Waals surface area contributed by atoms with Crippen molar-refractivity contribution < 1.29 is 9.53 Å². The van der Waals surface area contributed by atoms with Gasteiger partial charge in [0.2, 0.25) is 0 Å². The molecule has 0 saturated heterocycles. The van der Waals surface area contributed by atoms with Crippen LogP contribution >= 0.6 is 15.9 Å². The van der Waals surface area contributed by atoms with E-state index in [4.69, 9.17) is 4.74 Å². The van der Waals surface area contributed by atoms with Crippen LogP contribution < -0.4 is 5.32 Å². The van der Waals surface area contributed by atoms with E-state index in [2.05, 4.69) is 32.8 Å². The molecule has 0 aromatic carbocycles. The molecule has 0 radical (unpaired) electrons. The van der Waals surface area contributed by atoms with Gasteiger partial charge in [-0.3, -0.25) is 4.79 Å². The van der Waals surface area contributed by atoms with Crippen molar-refractivity contribution in [2.45, 2.75) is 6.42 Å². The SMILES string of the molecule is C=COCCCNC(=O)c1ccc(Br)cn1. The smallest absolute Gasteiger partial charge is 0.269 e. The zero-order valence-corrected chi connectivity index (χ0v) is 10.4. The van der Waals surface area contributed by atoms with E-state index in [0.717, 1.165) is 10.9 Å². The lowest BCUT2D eigenvalue weighted by Gasteiger charge is -2.04. The lowest BCUT2D eigenvalue weighted by Crippen LogP contribution is -2.25. The number of carbonyl (C=O) groups is 1. The summed E-state index contributed by atoms with van der Waals surface area (Å²) in [6.45, 7) is 4.54. The predicted octanol–water partition coefficient (Wildman–Crippen LogP) is 2.12. The van der Waals surface area contributed by atoms with Gasteiger partial charge in [-0.25, -0.2) is 4.98 Å². The predicted molar refractivity (Wildman–Crippen MR) is 65.0 cm³/mol. The summed E-state index contributed by atoms with van der Waals surface area (Å²) in [4.78, 5) is 15.5. The molecular weight excluding hydrogens is 272 g/mol. The summed E-state index contributed by atoms with van der Waals surface area (Å²) in [6, 6.07) is 3.45. The molecule has 0 bridgehead atoms. The van der Waals surface area contributed by atoms with Crippen molar-refractivity contribution >= 4 is 21.8 Å². The van der Waals surface area contributed by atoms with Crippen LogP contribution in [0.1, 0.15) is 16.9 Å². The summed E-state index contributed by atoms with van der Waals surface area (Å²) < 4.78 is 5.78. The highest BCUT2D eigenvalue weighted by molar-refractivity contribution is 9.10. The summed E-state index contributed by atoms with van der Waals surface area (Å²) in [6.07, 6.45) is 3.72. The molecule has 5 heteroatoms. The number of hydrogen-bond acceptors (Lipinski definition) is 3. The Morgan fingerprint density at radius 1 is 1.62 bits per heavy atom. The molecule has 0 fully saturated rings. The minimum absolute atomic E-state index is 0.175. The topological polar surface area (TPSA) is 51.2 Å². The third-order valence-electron chi connectivity index (χ3n) is 1.80. The van der Waals surface area contributed by atoms with Gasteiger partial charge in [0, 0.05) is 17.2 Å². The van der Waals surface area contributed by atoms with Crippen LogP contribution in [0.2, 0.25) is 0 Å². The highest BCUT2D eigenvalue weighted by Gasteiger charge is 2.05. The van der Waals surface area contributed by atoms with Gasteiger partial charge in [-0.2, -0.15) is 0 Å². The minimum atomic E-state index is -0.175. The maximum Gasteiger partial charge on any atom is 0.269 e. The summed E-state index contributed by atoms with van der Waals surface area (Å²) in [5, 5.41) is 2.75. The maximum absolute atomic E-state index is 11.5. The Morgan fingerprint density at radius 2 is 2.44 bits per heavy atom. The molecule has 1 N–H and O–H groups in total. The molecule has 86 valence electrons. The Kier molecular flexibility index (Phi) is 5.56. The van der Waals surface area contributed by atoms with Crippen molar-refractivity contribution in [1.29, 1.82) is 0 Å². The second kappa shape index (κ2) is 7.00. The number of ether oxygens (including phenoxy) is 1. The molecule has 4 nitrogen and oxygen atoms in total. The van der Waals surface area contributed by atoms with Crippen molar-refractivity contribution in [2.75, 3.05) is 13.2 Å². The number of carbonyl (C=O) groups excluding carboxylic acids is 1. The van der Waals surface area contributed by atoms with Gasteiger partial charge in [-0.15, -0.1) is 0 Å². The molecule has 0 aliphatic carbocycles. The van der Waals surface area contributed by atoms with Crippen molar-refractivity contribution in [3.05, 3.63) is 41.3 Å². The molecule has 0 atom stereocenters. The van der Waals surface area contributed by atoms with E-state index in [1.165, 1.54) is 6.26 Å². The quantitative estimate of drug-likeness (QED) is 0.643. The van der Waals surface area contributed by atoms with E-state index < -0.39 is 0 Å². The highest BCUT2D eigenvalue weighted by Crippen LogP contribution is 2.07. The van der Waals surface area contributed by atoms with E-state index in [9.17, 15) is 4.79 Å². The molecule has 1 rings (SSSR count). The number of nitrogens with one attached hydrogen (secondary N) is 1. The van der Waals surface area contributed by atoms with Crippen molar-refractivity contribution in [3.63, 3.8) is 0 Å². The Morgan fingerprint density at radius 3 is 3.06 bits per heavy atom. The van der Waals surface area contributed by atoms with Crippen LogP contribution in [0.15, 0.2) is 35.6 Å². The molecule has 0 aliphatic heterocycles. The average Bonchev–Trinajstić information content (AvgIpc) is 2.29. The number of rotatable bonds is 6. The van der Waals surface area contributed by atoms with Crippen LogP contribution in [0.5, 0.6) is 0 Å². The fourth-order valence-corrected chi connectivity index (χ4v) is 1.28. The van der Waals surface area contributed by atoms with Crippen LogP contribution in [-0.2, 0) is 4.74 Å². The van der Waals surface area contributed by atoms with Gasteiger partial charge < -0.3 is 10.1 Å². The van der Waals surface area contributed by atoms with Gasteiger partial charge >= 0.3 is 0 Å². The van der Waals surface area contributed by atoms with Crippen LogP contribution in [0.25, 0.3) is 0 Å². The Bertz CT molecular complexity index is 352. The minimum Gasteiger partial charge on any atom is -0.502 e. The summed E-state index contributed by atoms with van der Waals surface area (Å²) in [5.41, 5.74) is 0.410. The fraction of sp³-hybridized carbons (Fsp3) is 0.273. The third-order valence-corrected chi connectivity index (χ3v) is 2.27. The van der Waals surface area contributed by atoms with Crippen LogP contribution in [0, 0.1) is 0 Å². The first-order valence-electron chi connectivity index (χ1n) is 4.86. The second-order valence-electron chi connectivity index (χ2n) is 3.01. The molecule has 0 unspecified atom stereocenters. The van der Waals surface area contributed by atoms with Gasteiger partial charge in [0.05, 0.1) is 12.9 Å². The number of aromatic nitrogens is 1. The first-order valence-corrected chi connectivity index (χ1v) is 5.65. The standard InChI is InChI=1S/C11H13BrN2O2/c1-2-16-7-3-6-13-11(15)10-5-4-9(12)8-14-10/h2,4-5,8H,1,3,6-7H2,(H,13,15). The lowest BCUT2D eigenvalue weighted by atomic mass is 10.3. The molecule has 0 aliphatic rings. The van der Waals surface area contributed by atoms with E-state index in [1.807, 2.05) is 0 Å². The first-order chi connectivity index (χ1) is 7.74. The molecule has 16 heavy (non-hydrogen) atoms. The molecular formula is C11H13BrN2O2. The largest absolute Gasteiger partial charge is 0.502 e. The number of hydrogen-bond donors (Lipinski definition) is 1. The summed E-state index contributed by atoms with van der Waals surface area (Å²) >= 11 is 3.26. The van der Waals surface area contributed by atoms with E-state index in [1.54, 1.807) is 18.3 Å². The van der Waals surface area contributed by atoms with Crippen LogP contribution in [-0.4, -0.2) is 24.0 Å². The second-order valence-corrected chi connectivity index (χ2v) is 3.92. The molecule has 0 saturated carbocycles.